The summed E-state index contributed by atoms with van der Waals surface area (Å²) in [6, 6.07) is 3.13. The van der Waals surface area contributed by atoms with Crippen molar-refractivity contribution in [2.45, 2.75) is 0 Å². The minimum absolute atomic E-state index is 0. The molecule has 1 aromatic rings. The monoisotopic (exact) mass is 173 g/mol. The van der Waals surface area contributed by atoms with E-state index in [1.807, 2.05) is 0 Å². The number of carbonyl (C=O) groups is 2. The number of rotatable bonds is 2. The van der Waals surface area contributed by atoms with Crippen LogP contribution in [0.1, 0.15) is 9.67 Å². The molecule has 1 rings (SSSR count). The predicted molar refractivity (Wildman–Crippen MR) is 41.3 cm³/mol. The zero-order chi connectivity index (χ0) is 7.56. The summed E-state index contributed by atoms with van der Waals surface area (Å²) in [4.78, 5) is 20.9. The first-order valence-corrected chi connectivity index (χ1v) is 3.41. The van der Waals surface area contributed by atoms with Gasteiger partial charge in [-0.1, -0.05) is 6.07 Å². The molecule has 0 unspecified atom stereocenters. The van der Waals surface area contributed by atoms with Gasteiger partial charge in [0, 0.05) is 0 Å². The molecule has 0 amide bonds. The Bertz CT molecular complexity index is 255. The van der Waals surface area contributed by atoms with Gasteiger partial charge in [-0.3, -0.25) is 4.79 Å². The lowest BCUT2D eigenvalue weighted by molar-refractivity contribution is -0.131. The molecule has 0 fully saturated rings. The van der Waals surface area contributed by atoms with Crippen LogP contribution >= 0.6 is 11.3 Å². The Morgan fingerprint density at radius 2 is 2.09 bits per heavy atom. The molecule has 0 spiro atoms. The van der Waals surface area contributed by atoms with Crippen LogP contribution in [0.5, 0.6) is 0 Å². The first kappa shape index (κ1) is 9.80. The number of aliphatic carboxylic acids is 1. The van der Waals surface area contributed by atoms with Crippen LogP contribution < -0.4 is 6.15 Å². The topological polar surface area (TPSA) is 89.4 Å². The number of carboxylic acids is 1. The zero-order valence-corrected chi connectivity index (χ0v) is 6.43. The molecule has 11 heavy (non-hydrogen) atoms. The first-order chi connectivity index (χ1) is 4.72. The van der Waals surface area contributed by atoms with Crippen molar-refractivity contribution in [1.29, 1.82) is 0 Å². The number of carbonyl (C=O) groups excluding carboxylic acids is 1. The maximum Gasteiger partial charge on any atom is 0.378 e. The number of hydrogen-bond acceptors (Lipinski definition) is 4. The molecule has 0 aliphatic carbocycles. The van der Waals surface area contributed by atoms with E-state index in [-0.39, 0.29) is 11.0 Å². The van der Waals surface area contributed by atoms with Gasteiger partial charge in [-0.15, -0.1) is 11.3 Å². The molecule has 0 bridgehead atoms. The molecular formula is C6H7NO3S. The lowest BCUT2D eigenvalue weighted by atomic mass is 10.3. The van der Waals surface area contributed by atoms with E-state index in [0.29, 0.717) is 0 Å². The van der Waals surface area contributed by atoms with Crippen LogP contribution in [0.25, 0.3) is 0 Å². The van der Waals surface area contributed by atoms with Gasteiger partial charge in [-0.05, 0) is 11.4 Å². The molecule has 0 atom stereocenters. The van der Waals surface area contributed by atoms with Crippen molar-refractivity contribution in [3.05, 3.63) is 22.4 Å². The fourth-order valence-corrected chi connectivity index (χ4v) is 1.17. The second-order valence-electron chi connectivity index (χ2n) is 1.61. The van der Waals surface area contributed by atoms with Crippen LogP contribution in [-0.2, 0) is 4.79 Å². The van der Waals surface area contributed by atoms with Crippen molar-refractivity contribution in [2.24, 2.45) is 0 Å². The molecule has 1 heterocycles. The zero-order valence-electron chi connectivity index (χ0n) is 5.61. The molecule has 4 nitrogen and oxygen atoms in total. The maximum atomic E-state index is 10.6. The van der Waals surface area contributed by atoms with Crippen LogP contribution in [0.15, 0.2) is 17.5 Å². The van der Waals surface area contributed by atoms with Crippen LogP contribution in [0.3, 0.4) is 0 Å². The predicted octanol–water partition coefficient (Wildman–Crippen LogP) is 1.18. The molecule has 60 valence electrons. The molecular weight excluding hydrogens is 166 g/mol. The van der Waals surface area contributed by atoms with Crippen molar-refractivity contribution in [3.63, 3.8) is 0 Å². The molecule has 0 saturated carbocycles. The van der Waals surface area contributed by atoms with E-state index in [1.54, 1.807) is 11.4 Å². The Morgan fingerprint density at radius 1 is 1.45 bits per heavy atom. The summed E-state index contributed by atoms with van der Waals surface area (Å²) in [7, 11) is 0. The van der Waals surface area contributed by atoms with Gasteiger partial charge in [0.1, 0.15) is 0 Å². The molecule has 0 aliphatic heterocycles. The molecule has 4 N–H and O–H groups in total. The van der Waals surface area contributed by atoms with Gasteiger partial charge in [0.05, 0.1) is 4.88 Å². The number of Topliss-reactive ketones (excluding diaryl/α,β-unsaturated/α-hetero) is 1. The van der Waals surface area contributed by atoms with E-state index < -0.39 is 11.8 Å². The van der Waals surface area contributed by atoms with E-state index >= 15 is 0 Å². The van der Waals surface area contributed by atoms with Crippen molar-refractivity contribution in [1.82, 2.24) is 6.15 Å². The van der Waals surface area contributed by atoms with Crippen LogP contribution in [-0.4, -0.2) is 16.9 Å². The van der Waals surface area contributed by atoms with Crippen molar-refractivity contribution in [2.75, 3.05) is 0 Å². The standard InChI is InChI=1S/C6H4O3S.H3N/c7-5(6(8)9)4-2-1-3-10-4;/h1-3H,(H,8,9);1H3. The largest absolute Gasteiger partial charge is 0.475 e. The highest BCUT2D eigenvalue weighted by Crippen LogP contribution is 2.08. The summed E-state index contributed by atoms with van der Waals surface area (Å²) in [6.07, 6.45) is 0. The first-order valence-electron chi connectivity index (χ1n) is 2.53. The third-order valence-electron chi connectivity index (χ3n) is 0.939. The summed E-state index contributed by atoms with van der Waals surface area (Å²) >= 11 is 1.13. The van der Waals surface area contributed by atoms with E-state index in [9.17, 15) is 9.59 Å². The number of carboxylic acid groups (broad SMARTS) is 1. The number of hydrogen-bond donors (Lipinski definition) is 2. The van der Waals surface area contributed by atoms with E-state index in [1.165, 1.54) is 6.07 Å². The second-order valence-corrected chi connectivity index (χ2v) is 2.56. The number of thiophene rings is 1. The maximum absolute atomic E-state index is 10.6. The van der Waals surface area contributed by atoms with Gasteiger partial charge >= 0.3 is 5.97 Å². The molecule has 0 aromatic carbocycles. The lowest BCUT2D eigenvalue weighted by Crippen LogP contribution is -2.10. The summed E-state index contributed by atoms with van der Waals surface area (Å²) < 4.78 is 0. The fourth-order valence-electron chi connectivity index (χ4n) is 0.513. The third kappa shape index (κ3) is 2.14. The summed E-state index contributed by atoms with van der Waals surface area (Å²) in [5, 5.41) is 9.87. The normalized spacial score (nSPS) is 8.36. The molecule has 0 aliphatic rings. The minimum Gasteiger partial charge on any atom is -0.475 e. The van der Waals surface area contributed by atoms with Gasteiger partial charge in [-0.25, -0.2) is 4.79 Å². The quantitative estimate of drug-likeness (QED) is 0.519. The Kier molecular flexibility index (Phi) is 3.43. The highest BCUT2D eigenvalue weighted by molar-refractivity contribution is 7.12. The van der Waals surface area contributed by atoms with Gasteiger partial charge in [0.25, 0.3) is 5.78 Å². The molecule has 5 heteroatoms. The Hall–Kier alpha value is -1.20. The number of ketones is 1. The highest BCUT2D eigenvalue weighted by atomic mass is 32.1. The van der Waals surface area contributed by atoms with E-state index in [2.05, 4.69) is 0 Å². The highest BCUT2D eigenvalue weighted by Gasteiger charge is 2.14. The lowest BCUT2D eigenvalue weighted by Gasteiger charge is -1.85. The molecule has 0 saturated heterocycles. The summed E-state index contributed by atoms with van der Waals surface area (Å²) in [5.41, 5.74) is 0. The third-order valence-corrected chi connectivity index (χ3v) is 1.81. The summed E-state index contributed by atoms with van der Waals surface area (Å²) in [6.45, 7) is 0. The Balaban J connectivity index is 0.000001000. The van der Waals surface area contributed by atoms with E-state index in [0.717, 1.165) is 11.3 Å². The van der Waals surface area contributed by atoms with Gasteiger partial charge in [0.2, 0.25) is 0 Å². The average Bonchev–Trinajstić information content (AvgIpc) is 2.36. The van der Waals surface area contributed by atoms with Crippen LogP contribution in [0, 0.1) is 0 Å². The van der Waals surface area contributed by atoms with Gasteiger partial charge in [-0.2, -0.15) is 0 Å². The SMILES string of the molecule is N.O=C(O)C(=O)c1cccs1. The van der Waals surface area contributed by atoms with Crippen molar-refractivity contribution in [3.8, 4) is 0 Å². The molecule has 0 radical (unpaired) electrons. The van der Waals surface area contributed by atoms with E-state index in [4.69, 9.17) is 5.11 Å². The van der Waals surface area contributed by atoms with Crippen LogP contribution in [0.4, 0.5) is 0 Å². The van der Waals surface area contributed by atoms with Crippen LogP contribution in [0.2, 0.25) is 0 Å². The summed E-state index contributed by atoms with van der Waals surface area (Å²) in [5.74, 6) is -2.24. The fraction of sp³-hybridized carbons (Fsp3) is 0. The van der Waals surface area contributed by atoms with Crippen molar-refractivity contribution < 1.29 is 14.7 Å². The van der Waals surface area contributed by atoms with Crippen molar-refractivity contribution >= 4 is 23.1 Å². The minimum atomic E-state index is -1.40. The molecule has 1 aromatic heterocycles. The smallest absolute Gasteiger partial charge is 0.378 e. The Morgan fingerprint density at radius 3 is 2.45 bits per heavy atom. The van der Waals surface area contributed by atoms with Gasteiger partial charge < -0.3 is 11.3 Å². The second kappa shape index (κ2) is 3.85. The Labute approximate surface area is 67.1 Å². The van der Waals surface area contributed by atoms with Gasteiger partial charge in [0.15, 0.2) is 0 Å². The average molecular weight is 173 g/mol.